The molecule has 0 saturated carbocycles. The van der Waals surface area contributed by atoms with Crippen molar-refractivity contribution in [3.63, 3.8) is 0 Å². The maximum Gasteiger partial charge on any atom is 0.302 e. The van der Waals surface area contributed by atoms with Crippen LogP contribution in [0.4, 0.5) is 0 Å². The zero-order chi connectivity index (χ0) is 13.9. The van der Waals surface area contributed by atoms with Crippen LogP contribution in [-0.2, 0) is 16.1 Å². The van der Waals surface area contributed by atoms with Crippen LogP contribution >= 0.6 is 0 Å². The van der Waals surface area contributed by atoms with Gasteiger partial charge >= 0.3 is 5.97 Å². The van der Waals surface area contributed by atoms with Crippen LogP contribution < -0.4 is 0 Å². The Labute approximate surface area is 115 Å². The fourth-order valence-corrected chi connectivity index (χ4v) is 1.68. The first-order valence-electron chi connectivity index (χ1n) is 6.38. The Morgan fingerprint density at radius 3 is 2.63 bits per heavy atom. The molecule has 1 aromatic carbocycles. The van der Waals surface area contributed by atoms with Crippen molar-refractivity contribution in [1.82, 2.24) is 4.90 Å². The third-order valence-corrected chi connectivity index (χ3v) is 2.55. The average molecular weight is 259 g/mol. The van der Waals surface area contributed by atoms with Crippen LogP contribution in [0.1, 0.15) is 12.5 Å². The fraction of sp³-hybridized carbons (Fsp3) is 0.312. The van der Waals surface area contributed by atoms with E-state index < -0.39 is 0 Å². The summed E-state index contributed by atoms with van der Waals surface area (Å²) in [5.41, 5.74) is 1.28. The molecule has 19 heavy (non-hydrogen) atoms. The summed E-state index contributed by atoms with van der Waals surface area (Å²) in [5, 5.41) is 0. The van der Waals surface area contributed by atoms with E-state index in [1.165, 1.54) is 12.5 Å². The van der Waals surface area contributed by atoms with Crippen LogP contribution in [0, 0.1) is 0 Å². The van der Waals surface area contributed by atoms with Crippen LogP contribution in [-0.4, -0.2) is 30.6 Å². The first-order valence-corrected chi connectivity index (χ1v) is 6.38. The molecule has 0 atom stereocenters. The molecule has 0 fully saturated rings. The van der Waals surface area contributed by atoms with Crippen LogP contribution in [0.15, 0.2) is 55.1 Å². The molecule has 0 bridgehead atoms. The second kappa shape index (κ2) is 9.11. The normalized spacial score (nSPS) is 10.8. The lowest BCUT2D eigenvalue weighted by Gasteiger charge is -2.18. The van der Waals surface area contributed by atoms with Crippen molar-refractivity contribution in [2.24, 2.45) is 0 Å². The lowest BCUT2D eigenvalue weighted by Crippen LogP contribution is -2.23. The van der Waals surface area contributed by atoms with Gasteiger partial charge in [-0.15, -0.1) is 6.58 Å². The SMILES string of the molecule is C=CCN(C/C=C/COC(C)=O)Cc1ccccc1. The Kier molecular flexibility index (Phi) is 7.28. The number of hydrogen-bond acceptors (Lipinski definition) is 3. The van der Waals surface area contributed by atoms with E-state index in [0.717, 1.165) is 19.6 Å². The monoisotopic (exact) mass is 259 g/mol. The molecule has 0 spiro atoms. The van der Waals surface area contributed by atoms with Gasteiger partial charge in [0.25, 0.3) is 0 Å². The molecular formula is C16H21NO2. The molecule has 0 unspecified atom stereocenters. The molecule has 0 amide bonds. The van der Waals surface area contributed by atoms with Gasteiger partial charge in [0.05, 0.1) is 0 Å². The second-order valence-electron chi connectivity index (χ2n) is 4.24. The number of ether oxygens (including phenoxy) is 1. The largest absolute Gasteiger partial charge is 0.462 e. The van der Waals surface area contributed by atoms with Crippen LogP contribution in [0.5, 0.6) is 0 Å². The number of hydrogen-bond donors (Lipinski definition) is 0. The summed E-state index contributed by atoms with van der Waals surface area (Å²) >= 11 is 0. The first kappa shape index (κ1) is 15.2. The molecule has 0 aliphatic rings. The highest BCUT2D eigenvalue weighted by Crippen LogP contribution is 2.04. The number of nitrogens with zero attached hydrogens (tertiary/aromatic N) is 1. The molecule has 0 aromatic heterocycles. The summed E-state index contributed by atoms with van der Waals surface area (Å²) in [5.74, 6) is -0.253. The third kappa shape index (κ3) is 7.21. The van der Waals surface area contributed by atoms with Crippen LogP contribution in [0.25, 0.3) is 0 Å². The average Bonchev–Trinajstić information content (AvgIpc) is 2.39. The van der Waals surface area contributed by atoms with Gasteiger partial charge in [-0.1, -0.05) is 42.5 Å². The third-order valence-electron chi connectivity index (χ3n) is 2.55. The number of carbonyl (C=O) groups is 1. The summed E-state index contributed by atoms with van der Waals surface area (Å²) in [6, 6.07) is 10.3. The van der Waals surface area contributed by atoms with Crippen molar-refractivity contribution in [2.75, 3.05) is 19.7 Å². The summed E-state index contributed by atoms with van der Waals surface area (Å²) < 4.78 is 4.84. The minimum atomic E-state index is -0.253. The fourth-order valence-electron chi connectivity index (χ4n) is 1.68. The molecule has 0 saturated heterocycles. The highest BCUT2D eigenvalue weighted by atomic mass is 16.5. The quantitative estimate of drug-likeness (QED) is 0.531. The number of rotatable bonds is 8. The van der Waals surface area contributed by atoms with Crippen LogP contribution in [0.2, 0.25) is 0 Å². The highest BCUT2D eigenvalue weighted by molar-refractivity contribution is 5.65. The summed E-state index contributed by atoms with van der Waals surface area (Å²) in [7, 11) is 0. The predicted octanol–water partition coefficient (Wildman–Crippen LogP) is 2.79. The molecule has 0 heterocycles. The number of carbonyl (C=O) groups excluding carboxylic acids is 1. The van der Waals surface area contributed by atoms with E-state index in [1.807, 2.05) is 36.4 Å². The second-order valence-corrected chi connectivity index (χ2v) is 4.24. The minimum Gasteiger partial charge on any atom is -0.462 e. The summed E-state index contributed by atoms with van der Waals surface area (Å²) in [6.45, 7) is 8.03. The summed E-state index contributed by atoms with van der Waals surface area (Å²) in [6.07, 6.45) is 5.76. The lowest BCUT2D eigenvalue weighted by molar-refractivity contribution is -0.139. The van der Waals surface area contributed by atoms with E-state index >= 15 is 0 Å². The Bertz CT molecular complexity index is 412. The van der Waals surface area contributed by atoms with Crippen molar-refractivity contribution < 1.29 is 9.53 Å². The van der Waals surface area contributed by atoms with Gasteiger partial charge in [0, 0.05) is 26.6 Å². The van der Waals surface area contributed by atoms with E-state index in [0.29, 0.717) is 6.61 Å². The van der Waals surface area contributed by atoms with E-state index in [9.17, 15) is 4.79 Å². The Balaban J connectivity index is 2.40. The minimum absolute atomic E-state index is 0.253. The number of esters is 1. The Hall–Kier alpha value is -1.87. The first-order chi connectivity index (χ1) is 9.22. The Morgan fingerprint density at radius 2 is 2.00 bits per heavy atom. The van der Waals surface area contributed by atoms with E-state index in [4.69, 9.17) is 4.74 Å². The van der Waals surface area contributed by atoms with Crippen molar-refractivity contribution in [3.05, 3.63) is 60.7 Å². The zero-order valence-electron chi connectivity index (χ0n) is 11.4. The van der Waals surface area contributed by atoms with Crippen molar-refractivity contribution in [2.45, 2.75) is 13.5 Å². The van der Waals surface area contributed by atoms with Crippen molar-refractivity contribution in [1.29, 1.82) is 0 Å². The maximum absolute atomic E-state index is 10.6. The smallest absolute Gasteiger partial charge is 0.302 e. The van der Waals surface area contributed by atoms with Gasteiger partial charge in [0.2, 0.25) is 0 Å². The molecule has 0 aliphatic heterocycles. The van der Waals surface area contributed by atoms with E-state index in [-0.39, 0.29) is 5.97 Å². The predicted molar refractivity (Wildman–Crippen MR) is 77.7 cm³/mol. The van der Waals surface area contributed by atoms with E-state index in [2.05, 4.69) is 23.6 Å². The summed E-state index contributed by atoms with van der Waals surface area (Å²) in [4.78, 5) is 12.9. The van der Waals surface area contributed by atoms with E-state index in [1.54, 1.807) is 0 Å². The molecule has 3 nitrogen and oxygen atoms in total. The molecule has 0 radical (unpaired) electrons. The van der Waals surface area contributed by atoms with Gasteiger partial charge in [-0.3, -0.25) is 9.69 Å². The number of benzene rings is 1. The van der Waals surface area contributed by atoms with Crippen molar-refractivity contribution >= 4 is 5.97 Å². The standard InChI is InChI=1S/C16H21NO2/c1-3-11-17(12-7-8-13-19-15(2)18)14-16-9-5-4-6-10-16/h3-10H,1,11-14H2,2H3/b8-7+. The molecular weight excluding hydrogens is 238 g/mol. The molecule has 0 N–H and O–H groups in total. The van der Waals surface area contributed by atoms with Gasteiger partial charge in [0.15, 0.2) is 0 Å². The molecule has 0 aliphatic carbocycles. The van der Waals surface area contributed by atoms with Crippen LogP contribution in [0.3, 0.4) is 0 Å². The van der Waals surface area contributed by atoms with Gasteiger partial charge in [-0.25, -0.2) is 0 Å². The van der Waals surface area contributed by atoms with Crippen molar-refractivity contribution in [3.8, 4) is 0 Å². The molecule has 3 heteroatoms. The molecule has 1 rings (SSSR count). The topological polar surface area (TPSA) is 29.5 Å². The van der Waals surface area contributed by atoms with Gasteiger partial charge in [0.1, 0.15) is 6.61 Å². The maximum atomic E-state index is 10.6. The zero-order valence-corrected chi connectivity index (χ0v) is 11.4. The Morgan fingerprint density at radius 1 is 1.26 bits per heavy atom. The van der Waals surface area contributed by atoms with Gasteiger partial charge in [-0.2, -0.15) is 0 Å². The highest BCUT2D eigenvalue weighted by Gasteiger charge is 2.01. The molecule has 1 aromatic rings. The van der Waals surface area contributed by atoms with Gasteiger partial charge < -0.3 is 4.74 Å². The molecule has 102 valence electrons. The lowest BCUT2D eigenvalue weighted by atomic mass is 10.2. The van der Waals surface area contributed by atoms with Gasteiger partial charge in [-0.05, 0) is 11.6 Å².